The predicted molar refractivity (Wildman–Crippen MR) is 168 cm³/mol. The SMILES string of the molecule is CCC/C=C1\CC[C@@]2(CCN(C(=O)c3ccc(NC(=O)c4cc(F)ccc4Cl)c(OC)c3)c3ccccc3C2)C1.NC=O. The molecule has 3 aromatic rings. The Kier molecular flexibility index (Phi) is 10.6. The van der Waals surface area contributed by atoms with E-state index in [9.17, 15) is 14.0 Å². The molecule has 7 nitrogen and oxygen atoms in total. The van der Waals surface area contributed by atoms with Gasteiger partial charge < -0.3 is 20.7 Å². The second-order valence-electron chi connectivity index (χ2n) is 11.0. The minimum Gasteiger partial charge on any atom is -0.495 e. The Balaban J connectivity index is 0.00000135. The van der Waals surface area contributed by atoms with Crippen molar-refractivity contribution < 1.29 is 23.5 Å². The number of rotatable bonds is 6. The molecular formula is C34H37ClFN3O4. The first-order valence-corrected chi connectivity index (χ1v) is 14.8. The molecule has 0 bridgehead atoms. The Bertz CT molecular complexity index is 1530. The highest BCUT2D eigenvalue weighted by Crippen LogP contribution is 2.49. The smallest absolute Gasteiger partial charge is 0.258 e. The molecule has 3 N–H and O–H groups in total. The monoisotopic (exact) mass is 605 g/mol. The summed E-state index contributed by atoms with van der Waals surface area (Å²) in [5.74, 6) is -0.924. The zero-order valence-corrected chi connectivity index (χ0v) is 25.3. The van der Waals surface area contributed by atoms with Gasteiger partial charge in [0.05, 0.1) is 23.4 Å². The minimum atomic E-state index is -0.572. The second-order valence-corrected chi connectivity index (χ2v) is 11.4. The van der Waals surface area contributed by atoms with Crippen molar-refractivity contribution in [2.24, 2.45) is 11.1 Å². The summed E-state index contributed by atoms with van der Waals surface area (Å²) in [5.41, 5.74) is 8.88. The third-order valence-corrected chi connectivity index (χ3v) is 8.46. The number of benzene rings is 3. The molecule has 1 aliphatic heterocycles. The number of halogens is 2. The number of nitrogens with two attached hydrogens (primary N) is 1. The summed E-state index contributed by atoms with van der Waals surface area (Å²) in [6.45, 7) is 2.85. The number of anilines is 2. The average Bonchev–Trinajstić information content (AvgIpc) is 3.32. The number of ether oxygens (including phenoxy) is 1. The van der Waals surface area contributed by atoms with Gasteiger partial charge in [-0.05, 0) is 92.0 Å². The molecule has 9 heteroatoms. The Labute approximate surface area is 256 Å². The zero-order chi connectivity index (χ0) is 31.0. The lowest BCUT2D eigenvalue weighted by Gasteiger charge is -2.27. The normalized spacial score (nSPS) is 18.3. The molecule has 1 aliphatic carbocycles. The first-order valence-electron chi connectivity index (χ1n) is 14.4. The van der Waals surface area contributed by atoms with E-state index in [0.717, 1.165) is 56.7 Å². The van der Waals surface area contributed by atoms with E-state index in [-0.39, 0.29) is 28.3 Å². The van der Waals surface area contributed by atoms with Gasteiger partial charge >= 0.3 is 0 Å². The van der Waals surface area contributed by atoms with Gasteiger partial charge in [-0.15, -0.1) is 0 Å². The molecule has 3 amide bonds. The van der Waals surface area contributed by atoms with Crippen LogP contribution in [0.5, 0.6) is 5.75 Å². The molecule has 1 saturated carbocycles. The molecule has 1 fully saturated rings. The topological polar surface area (TPSA) is 102 Å². The van der Waals surface area contributed by atoms with Gasteiger partial charge in [0.25, 0.3) is 11.8 Å². The number of para-hydroxylation sites is 1. The highest BCUT2D eigenvalue weighted by molar-refractivity contribution is 6.34. The van der Waals surface area contributed by atoms with Crippen molar-refractivity contribution >= 4 is 41.2 Å². The number of hydrogen-bond acceptors (Lipinski definition) is 4. The van der Waals surface area contributed by atoms with E-state index < -0.39 is 11.7 Å². The van der Waals surface area contributed by atoms with Crippen molar-refractivity contribution in [3.05, 3.63) is 99.8 Å². The Morgan fingerprint density at radius 2 is 1.88 bits per heavy atom. The number of nitrogens with one attached hydrogen (secondary N) is 1. The first kappa shape index (κ1) is 31.8. The maximum Gasteiger partial charge on any atom is 0.258 e. The van der Waals surface area contributed by atoms with Crippen LogP contribution in [0.25, 0.3) is 0 Å². The van der Waals surface area contributed by atoms with Crippen molar-refractivity contribution in [2.75, 3.05) is 23.9 Å². The predicted octanol–water partition coefficient (Wildman–Crippen LogP) is 7.33. The van der Waals surface area contributed by atoms with Gasteiger partial charge in [-0.1, -0.05) is 54.8 Å². The van der Waals surface area contributed by atoms with Gasteiger partial charge in [-0.25, -0.2) is 4.39 Å². The first-order chi connectivity index (χ1) is 20.7. The van der Waals surface area contributed by atoms with Gasteiger partial charge in [0.15, 0.2) is 0 Å². The quantitative estimate of drug-likeness (QED) is 0.227. The number of nitrogens with zero attached hydrogens (tertiary/aromatic N) is 1. The standard InChI is InChI=1S/C33H34ClFN2O3.CH3NO/c1-3-4-7-22-14-15-33(20-22)16-17-37(29-9-6-5-8-24(29)21-33)32(39)23-10-13-28(30(18-23)40-2)36-31(38)26-19-25(35)11-12-27(26)34;2-1-3/h5-13,18-19H,3-4,14-17,20-21H2,1-2H3,(H,36,38);1H,(H2,2,3)/b22-7+;/t33-;/m1./s1. The molecule has 226 valence electrons. The minimum absolute atomic E-state index is 0.0126. The van der Waals surface area contributed by atoms with E-state index in [1.165, 1.54) is 24.8 Å². The van der Waals surface area contributed by atoms with Crippen LogP contribution in [0.3, 0.4) is 0 Å². The second kappa shape index (κ2) is 14.3. The number of methoxy groups -OCH3 is 1. The maximum atomic E-state index is 13.9. The maximum absolute atomic E-state index is 13.9. The highest BCUT2D eigenvalue weighted by atomic mass is 35.5. The highest BCUT2D eigenvalue weighted by Gasteiger charge is 2.40. The van der Waals surface area contributed by atoms with Gasteiger partial charge in [0.1, 0.15) is 11.6 Å². The van der Waals surface area contributed by atoms with Crippen LogP contribution in [0.2, 0.25) is 5.02 Å². The number of carbonyl (C=O) groups excluding carboxylic acids is 3. The van der Waals surface area contributed by atoms with Crippen molar-refractivity contribution in [3.63, 3.8) is 0 Å². The summed E-state index contributed by atoms with van der Waals surface area (Å²) in [4.78, 5) is 37.2. The molecule has 0 radical (unpaired) electrons. The third kappa shape index (κ3) is 7.43. The van der Waals surface area contributed by atoms with Gasteiger partial charge in [0, 0.05) is 17.8 Å². The number of unbranched alkanes of at least 4 members (excludes halogenated alkanes) is 1. The van der Waals surface area contributed by atoms with E-state index in [0.29, 0.717) is 23.5 Å². The largest absolute Gasteiger partial charge is 0.495 e. The molecule has 3 aromatic carbocycles. The number of fused-ring (bicyclic) bond motifs is 1. The van der Waals surface area contributed by atoms with E-state index >= 15 is 0 Å². The van der Waals surface area contributed by atoms with Gasteiger partial charge in [-0.2, -0.15) is 0 Å². The molecule has 2 aliphatic rings. The summed E-state index contributed by atoms with van der Waals surface area (Å²) in [5, 5.41) is 2.86. The summed E-state index contributed by atoms with van der Waals surface area (Å²) < 4.78 is 19.2. The summed E-state index contributed by atoms with van der Waals surface area (Å²) >= 11 is 6.10. The fourth-order valence-electron chi connectivity index (χ4n) is 6.01. The molecule has 43 heavy (non-hydrogen) atoms. The Morgan fingerprint density at radius 1 is 1.12 bits per heavy atom. The molecule has 1 spiro atoms. The fourth-order valence-corrected chi connectivity index (χ4v) is 6.22. The van der Waals surface area contributed by atoms with Crippen LogP contribution < -0.4 is 20.7 Å². The lowest BCUT2D eigenvalue weighted by atomic mass is 9.77. The molecule has 5 rings (SSSR count). The van der Waals surface area contributed by atoms with Crippen LogP contribution in [0.4, 0.5) is 15.8 Å². The van der Waals surface area contributed by atoms with Crippen molar-refractivity contribution in [2.45, 2.75) is 51.9 Å². The Hall–Kier alpha value is -4.17. The van der Waals surface area contributed by atoms with Crippen molar-refractivity contribution in [3.8, 4) is 5.75 Å². The number of primary amides is 1. The Morgan fingerprint density at radius 3 is 2.63 bits per heavy atom. The molecule has 0 aromatic heterocycles. The van der Waals surface area contributed by atoms with Gasteiger partial charge in [0.2, 0.25) is 6.41 Å². The number of carbonyl (C=O) groups is 3. The van der Waals surface area contributed by atoms with Crippen LogP contribution in [0, 0.1) is 11.2 Å². The van der Waals surface area contributed by atoms with E-state index in [1.807, 2.05) is 17.0 Å². The van der Waals surface area contributed by atoms with Crippen LogP contribution in [-0.2, 0) is 11.2 Å². The summed E-state index contributed by atoms with van der Waals surface area (Å²) in [6, 6.07) is 16.8. The van der Waals surface area contributed by atoms with E-state index in [4.69, 9.17) is 21.1 Å². The molecule has 1 atom stereocenters. The van der Waals surface area contributed by atoms with E-state index in [1.54, 1.807) is 23.8 Å². The van der Waals surface area contributed by atoms with Crippen molar-refractivity contribution in [1.82, 2.24) is 0 Å². The van der Waals surface area contributed by atoms with Crippen LogP contribution >= 0.6 is 11.6 Å². The molecule has 1 heterocycles. The zero-order valence-electron chi connectivity index (χ0n) is 24.5. The molecule has 0 unspecified atom stereocenters. The third-order valence-electron chi connectivity index (χ3n) is 8.13. The molecular weight excluding hydrogens is 569 g/mol. The number of amides is 3. The number of allylic oxidation sites excluding steroid dienone is 2. The lowest BCUT2D eigenvalue weighted by molar-refractivity contribution is -0.106. The molecule has 0 saturated heterocycles. The number of hydrogen-bond donors (Lipinski definition) is 2. The fraction of sp³-hybridized carbons (Fsp3) is 0.324. The average molecular weight is 606 g/mol. The van der Waals surface area contributed by atoms with Crippen molar-refractivity contribution in [1.29, 1.82) is 0 Å². The lowest BCUT2D eigenvalue weighted by Crippen LogP contribution is -2.33. The summed E-state index contributed by atoms with van der Waals surface area (Å²) in [7, 11) is 1.48. The van der Waals surface area contributed by atoms with Crippen LogP contribution in [-0.4, -0.2) is 31.9 Å². The van der Waals surface area contributed by atoms with Crippen LogP contribution in [0.1, 0.15) is 71.7 Å². The van der Waals surface area contributed by atoms with Crippen LogP contribution in [0.15, 0.2) is 72.3 Å². The van der Waals surface area contributed by atoms with Gasteiger partial charge in [-0.3, -0.25) is 14.4 Å². The van der Waals surface area contributed by atoms with E-state index in [2.05, 4.69) is 36.2 Å². The summed E-state index contributed by atoms with van der Waals surface area (Å²) in [6.07, 6.45) is 10.2.